The Balaban J connectivity index is 1.43. The van der Waals surface area contributed by atoms with E-state index in [4.69, 9.17) is 4.74 Å². The third-order valence-electron chi connectivity index (χ3n) is 5.86. The van der Waals surface area contributed by atoms with Crippen molar-refractivity contribution in [3.8, 4) is 5.75 Å². The van der Waals surface area contributed by atoms with Crippen LogP contribution in [0.15, 0.2) is 65.6 Å². The molecule has 0 fully saturated rings. The van der Waals surface area contributed by atoms with Gasteiger partial charge in [0.2, 0.25) is 10.0 Å². The highest BCUT2D eigenvalue weighted by molar-refractivity contribution is 7.89. The minimum absolute atomic E-state index is 0.155. The average molecular weight is 526 g/mol. The molecule has 1 aromatic heterocycles. The predicted molar refractivity (Wildman–Crippen MR) is 146 cm³/mol. The molecule has 1 heterocycles. The Labute approximate surface area is 216 Å². The molecule has 190 valence electrons. The molecule has 9 heteroatoms. The highest BCUT2D eigenvalue weighted by Gasteiger charge is 2.24. The zero-order chi connectivity index (χ0) is 25.5. The number of ether oxygens (including phenoxy) is 1. The summed E-state index contributed by atoms with van der Waals surface area (Å²) >= 11 is 1.25. The SMILES string of the molecule is CCCCN(CCCC)S(=O)(=O)c1ccc2nc(NC(=O)COc3ccc4ccccc4c3)sc2c1. The van der Waals surface area contributed by atoms with Gasteiger partial charge in [0.25, 0.3) is 5.91 Å². The fourth-order valence-corrected chi connectivity index (χ4v) is 6.39. The molecule has 0 radical (unpaired) electrons. The number of anilines is 1. The van der Waals surface area contributed by atoms with Crippen molar-refractivity contribution in [1.29, 1.82) is 0 Å². The molecule has 1 amide bonds. The van der Waals surface area contributed by atoms with Crippen LogP contribution in [0.4, 0.5) is 5.13 Å². The molecule has 4 aromatic rings. The van der Waals surface area contributed by atoms with Gasteiger partial charge in [0.15, 0.2) is 11.7 Å². The molecule has 0 aliphatic carbocycles. The van der Waals surface area contributed by atoms with E-state index >= 15 is 0 Å². The Morgan fingerprint density at radius 3 is 2.42 bits per heavy atom. The molecule has 0 saturated carbocycles. The maximum Gasteiger partial charge on any atom is 0.264 e. The fourth-order valence-electron chi connectivity index (χ4n) is 3.85. The van der Waals surface area contributed by atoms with E-state index < -0.39 is 10.0 Å². The van der Waals surface area contributed by atoms with Gasteiger partial charge in [-0.1, -0.05) is 68.4 Å². The highest BCUT2D eigenvalue weighted by Crippen LogP contribution is 2.29. The van der Waals surface area contributed by atoms with E-state index in [-0.39, 0.29) is 17.4 Å². The van der Waals surface area contributed by atoms with Crippen LogP contribution in [0.5, 0.6) is 5.75 Å². The first kappa shape index (κ1) is 26.1. The van der Waals surface area contributed by atoms with E-state index in [9.17, 15) is 13.2 Å². The first-order chi connectivity index (χ1) is 17.4. The maximum absolute atomic E-state index is 13.3. The lowest BCUT2D eigenvalue weighted by molar-refractivity contribution is -0.118. The largest absolute Gasteiger partial charge is 0.484 e. The normalized spacial score (nSPS) is 11.9. The number of benzene rings is 3. The topological polar surface area (TPSA) is 88.6 Å². The number of nitrogens with zero attached hydrogens (tertiary/aromatic N) is 2. The Bertz CT molecular complexity index is 1440. The summed E-state index contributed by atoms with van der Waals surface area (Å²) in [6, 6.07) is 18.6. The molecule has 7 nitrogen and oxygen atoms in total. The second-order valence-electron chi connectivity index (χ2n) is 8.61. The summed E-state index contributed by atoms with van der Waals surface area (Å²) in [5.74, 6) is 0.277. The van der Waals surface area contributed by atoms with Crippen LogP contribution in [-0.4, -0.2) is 43.3 Å². The zero-order valence-electron chi connectivity index (χ0n) is 20.6. The van der Waals surface area contributed by atoms with Crippen LogP contribution in [0, 0.1) is 0 Å². The average Bonchev–Trinajstić information content (AvgIpc) is 3.28. The number of aromatic nitrogens is 1. The van der Waals surface area contributed by atoms with Gasteiger partial charge in [-0.2, -0.15) is 4.31 Å². The number of rotatable bonds is 12. The first-order valence-corrected chi connectivity index (χ1v) is 14.5. The van der Waals surface area contributed by atoms with Gasteiger partial charge in [-0.3, -0.25) is 10.1 Å². The van der Waals surface area contributed by atoms with Gasteiger partial charge in [0.1, 0.15) is 5.75 Å². The molecule has 0 atom stereocenters. The van der Waals surface area contributed by atoms with Crippen molar-refractivity contribution in [2.75, 3.05) is 25.0 Å². The van der Waals surface area contributed by atoms with Gasteiger partial charge in [-0.15, -0.1) is 0 Å². The minimum atomic E-state index is -3.60. The number of thiazole rings is 1. The van der Waals surface area contributed by atoms with E-state index in [1.54, 1.807) is 22.5 Å². The number of fused-ring (bicyclic) bond motifs is 2. The second kappa shape index (κ2) is 11.8. The van der Waals surface area contributed by atoms with E-state index in [1.165, 1.54) is 11.3 Å². The summed E-state index contributed by atoms with van der Waals surface area (Å²) in [4.78, 5) is 17.2. The number of unbranched alkanes of at least 4 members (excludes halogenated alkanes) is 2. The molecule has 1 N–H and O–H groups in total. The van der Waals surface area contributed by atoms with E-state index in [0.717, 1.165) is 36.5 Å². The standard InChI is InChI=1S/C27H31N3O4S2/c1-3-5-15-30(16-6-4-2)36(32,33)23-13-14-24-25(18-23)35-27(28-24)29-26(31)19-34-22-12-11-20-9-7-8-10-21(20)17-22/h7-14,17-18H,3-6,15-16,19H2,1-2H3,(H,28,29,31). The number of hydrogen-bond acceptors (Lipinski definition) is 6. The molecule has 0 aliphatic rings. The maximum atomic E-state index is 13.3. The third-order valence-corrected chi connectivity index (χ3v) is 8.69. The molecule has 0 bridgehead atoms. The highest BCUT2D eigenvalue weighted by atomic mass is 32.2. The number of sulfonamides is 1. The van der Waals surface area contributed by atoms with Crippen molar-refractivity contribution < 1.29 is 17.9 Å². The zero-order valence-corrected chi connectivity index (χ0v) is 22.2. The second-order valence-corrected chi connectivity index (χ2v) is 11.6. The molecule has 0 unspecified atom stereocenters. The van der Waals surface area contributed by atoms with Gasteiger partial charge in [-0.05, 0) is 53.9 Å². The Kier molecular flexibility index (Phi) is 8.56. The summed E-state index contributed by atoms with van der Waals surface area (Å²) in [7, 11) is -3.60. The predicted octanol–water partition coefficient (Wildman–Crippen LogP) is 6.06. The molecular formula is C27H31N3O4S2. The Hall–Kier alpha value is -3.01. The minimum Gasteiger partial charge on any atom is -0.484 e. The lowest BCUT2D eigenvalue weighted by Gasteiger charge is -2.21. The van der Waals surface area contributed by atoms with Gasteiger partial charge in [0, 0.05) is 13.1 Å². The quantitative estimate of drug-likeness (QED) is 0.243. The van der Waals surface area contributed by atoms with Crippen molar-refractivity contribution in [1.82, 2.24) is 9.29 Å². The summed E-state index contributed by atoms with van der Waals surface area (Å²) < 4.78 is 34.5. The number of nitrogens with one attached hydrogen (secondary N) is 1. The molecular weight excluding hydrogens is 494 g/mol. The van der Waals surface area contributed by atoms with Crippen molar-refractivity contribution in [2.24, 2.45) is 0 Å². The first-order valence-electron chi connectivity index (χ1n) is 12.2. The van der Waals surface area contributed by atoms with Crippen LogP contribution < -0.4 is 10.1 Å². The summed E-state index contributed by atoms with van der Waals surface area (Å²) in [5, 5.41) is 5.30. The lowest BCUT2D eigenvalue weighted by Crippen LogP contribution is -2.33. The summed E-state index contributed by atoms with van der Waals surface area (Å²) in [6.45, 7) is 4.97. The van der Waals surface area contributed by atoms with Crippen molar-refractivity contribution in [2.45, 2.75) is 44.4 Å². The number of amides is 1. The van der Waals surface area contributed by atoms with Crippen molar-refractivity contribution in [3.63, 3.8) is 0 Å². The molecule has 36 heavy (non-hydrogen) atoms. The van der Waals surface area contributed by atoms with E-state index in [0.29, 0.717) is 34.2 Å². The summed E-state index contributed by atoms with van der Waals surface area (Å²) in [5.41, 5.74) is 0.637. The smallest absolute Gasteiger partial charge is 0.264 e. The molecule has 0 spiro atoms. The van der Waals surface area contributed by atoms with Gasteiger partial charge < -0.3 is 4.74 Å². The van der Waals surface area contributed by atoms with E-state index in [2.05, 4.69) is 24.1 Å². The van der Waals surface area contributed by atoms with Gasteiger partial charge >= 0.3 is 0 Å². The Morgan fingerprint density at radius 2 is 1.69 bits per heavy atom. The Morgan fingerprint density at radius 1 is 0.972 bits per heavy atom. The number of carbonyl (C=O) groups is 1. The molecule has 0 saturated heterocycles. The molecule has 4 rings (SSSR count). The molecule has 0 aliphatic heterocycles. The lowest BCUT2D eigenvalue weighted by atomic mass is 10.1. The third kappa shape index (κ3) is 6.21. The number of carbonyl (C=O) groups excluding carboxylic acids is 1. The van der Waals surface area contributed by atoms with E-state index in [1.807, 2.05) is 42.5 Å². The fraction of sp³-hybridized carbons (Fsp3) is 0.333. The van der Waals surface area contributed by atoms with Crippen molar-refractivity contribution in [3.05, 3.63) is 60.7 Å². The van der Waals surface area contributed by atoms with Gasteiger partial charge in [-0.25, -0.2) is 13.4 Å². The number of hydrogen-bond donors (Lipinski definition) is 1. The van der Waals surface area contributed by atoms with Crippen molar-refractivity contribution >= 4 is 53.4 Å². The molecule has 3 aromatic carbocycles. The van der Waals surface area contributed by atoms with Crippen LogP contribution in [0.1, 0.15) is 39.5 Å². The van der Waals surface area contributed by atoms with Gasteiger partial charge in [0.05, 0.1) is 15.1 Å². The van der Waals surface area contributed by atoms with Crippen LogP contribution in [0.2, 0.25) is 0 Å². The van der Waals surface area contributed by atoms with Crippen LogP contribution in [0.25, 0.3) is 21.0 Å². The summed E-state index contributed by atoms with van der Waals surface area (Å²) in [6.07, 6.45) is 3.51. The van der Waals surface area contributed by atoms with Crippen LogP contribution >= 0.6 is 11.3 Å². The van der Waals surface area contributed by atoms with Crippen LogP contribution in [-0.2, 0) is 14.8 Å². The van der Waals surface area contributed by atoms with Crippen LogP contribution in [0.3, 0.4) is 0 Å². The monoisotopic (exact) mass is 525 g/mol.